The van der Waals surface area contributed by atoms with Gasteiger partial charge in [0.05, 0.1) is 5.56 Å². The number of nitrogens with zero attached hydrogens (tertiary/aromatic N) is 2. The zero-order chi connectivity index (χ0) is 21.3. The number of halogens is 3. The van der Waals surface area contributed by atoms with Crippen molar-refractivity contribution in [1.82, 2.24) is 15.5 Å². The molecule has 29 heavy (non-hydrogen) atoms. The number of hydrogen-bond donors (Lipinski definition) is 2. The first-order valence-corrected chi connectivity index (χ1v) is 10.3. The van der Waals surface area contributed by atoms with Crippen LogP contribution in [0.3, 0.4) is 0 Å². The van der Waals surface area contributed by atoms with Crippen LogP contribution in [0.5, 0.6) is 0 Å². The summed E-state index contributed by atoms with van der Waals surface area (Å²) in [5.74, 6) is 0.910. The molecule has 5 nitrogen and oxygen atoms in total. The molecule has 0 spiro atoms. The molecule has 0 radical (unpaired) electrons. The summed E-state index contributed by atoms with van der Waals surface area (Å²) in [6.45, 7) is 7.41. The van der Waals surface area contributed by atoms with Crippen LogP contribution in [0.4, 0.5) is 13.2 Å². The summed E-state index contributed by atoms with van der Waals surface area (Å²) >= 11 is 0. The number of guanidine groups is 1. The molecule has 0 aromatic heterocycles. The maximum absolute atomic E-state index is 12.9. The monoisotopic (exact) mass is 412 g/mol. The van der Waals surface area contributed by atoms with Crippen molar-refractivity contribution in [2.75, 3.05) is 32.7 Å². The Morgan fingerprint density at radius 1 is 1.31 bits per heavy atom. The Labute approximate surface area is 170 Å². The van der Waals surface area contributed by atoms with Gasteiger partial charge in [0, 0.05) is 39.1 Å². The minimum absolute atomic E-state index is 0.00569. The van der Waals surface area contributed by atoms with Crippen LogP contribution in [0.25, 0.3) is 0 Å². The van der Waals surface area contributed by atoms with Gasteiger partial charge in [0.15, 0.2) is 5.96 Å². The number of aliphatic imine (C=N–C) groups is 1. The van der Waals surface area contributed by atoms with E-state index in [4.69, 9.17) is 0 Å². The average Bonchev–Trinajstić information content (AvgIpc) is 3.09. The summed E-state index contributed by atoms with van der Waals surface area (Å²) in [6.07, 6.45) is -1.23. The van der Waals surface area contributed by atoms with E-state index in [2.05, 4.69) is 15.6 Å². The lowest BCUT2D eigenvalue weighted by molar-refractivity contribution is -0.137. The summed E-state index contributed by atoms with van der Waals surface area (Å²) < 4.78 is 38.7. The number of nitrogens with one attached hydrogen (secondary N) is 2. The van der Waals surface area contributed by atoms with Crippen molar-refractivity contribution >= 4 is 11.9 Å². The fourth-order valence-corrected chi connectivity index (χ4v) is 3.33. The zero-order valence-electron chi connectivity index (χ0n) is 17.2. The largest absolute Gasteiger partial charge is 0.416 e. The number of carbonyl (C=O) groups excluding carboxylic acids is 1. The molecule has 0 bridgehead atoms. The fraction of sp³-hybridized carbons (Fsp3) is 0.619. The second-order valence-electron chi connectivity index (χ2n) is 7.34. The topological polar surface area (TPSA) is 56.7 Å². The zero-order valence-corrected chi connectivity index (χ0v) is 17.2. The Hall–Kier alpha value is -2.25. The number of carbonyl (C=O) groups is 1. The highest BCUT2D eigenvalue weighted by Gasteiger charge is 2.30. The third-order valence-electron chi connectivity index (χ3n) is 5.02. The second-order valence-corrected chi connectivity index (χ2v) is 7.34. The van der Waals surface area contributed by atoms with E-state index in [0.717, 1.165) is 38.5 Å². The molecule has 1 unspecified atom stereocenters. The molecule has 2 rings (SSSR count). The molecule has 1 aliphatic heterocycles. The van der Waals surface area contributed by atoms with Gasteiger partial charge in [-0.15, -0.1) is 0 Å². The molecular weight excluding hydrogens is 381 g/mol. The van der Waals surface area contributed by atoms with Gasteiger partial charge in [0.1, 0.15) is 0 Å². The minimum Gasteiger partial charge on any atom is -0.357 e. The Balaban J connectivity index is 1.78. The first-order valence-electron chi connectivity index (χ1n) is 10.3. The molecule has 1 aromatic rings. The molecule has 0 saturated carbocycles. The molecule has 1 heterocycles. The standard InChI is InChI=1S/C21H31F3N4O/c1-3-25-20(26-11-6-14-28-13-5-9-19(28)29)27-12-10-16(2)17-7-4-8-18(15-17)21(22,23)24/h4,7-8,15-16H,3,5-6,9-14H2,1-2H3,(H2,25,26,27). The lowest BCUT2D eigenvalue weighted by Gasteiger charge is -2.17. The number of alkyl halides is 3. The van der Waals surface area contributed by atoms with Crippen LogP contribution in [-0.4, -0.2) is 49.5 Å². The van der Waals surface area contributed by atoms with Gasteiger partial charge in [-0.1, -0.05) is 25.1 Å². The number of hydrogen-bond acceptors (Lipinski definition) is 2. The number of benzene rings is 1. The van der Waals surface area contributed by atoms with Gasteiger partial charge in [-0.25, -0.2) is 0 Å². The van der Waals surface area contributed by atoms with Crippen LogP contribution in [-0.2, 0) is 11.0 Å². The van der Waals surface area contributed by atoms with Gasteiger partial charge in [-0.2, -0.15) is 13.2 Å². The molecule has 1 aliphatic rings. The lowest BCUT2D eigenvalue weighted by atomic mass is 9.96. The molecule has 1 aromatic carbocycles. The molecule has 1 amide bonds. The van der Waals surface area contributed by atoms with Crippen molar-refractivity contribution in [3.05, 3.63) is 35.4 Å². The smallest absolute Gasteiger partial charge is 0.357 e. The van der Waals surface area contributed by atoms with Gasteiger partial charge in [0.2, 0.25) is 5.91 Å². The predicted molar refractivity (Wildman–Crippen MR) is 109 cm³/mol. The van der Waals surface area contributed by atoms with Crippen molar-refractivity contribution in [3.8, 4) is 0 Å². The molecule has 162 valence electrons. The molecule has 1 atom stereocenters. The van der Waals surface area contributed by atoms with E-state index in [1.807, 2.05) is 18.7 Å². The van der Waals surface area contributed by atoms with Gasteiger partial charge < -0.3 is 15.5 Å². The summed E-state index contributed by atoms with van der Waals surface area (Å²) in [5.41, 5.74) is 0.0695. The summed E-state index contributed by atoms with van der Waals surface area (Å²) in [5, 5.41) is 6.41. The van der Waals surface area contributed by atoms with Crippen molar-refractivity contribution in [2.45, 2.75) is 51.6 Å². The molecule has 1 fully saturated rings. The maximum atomic E-state index is 12.9. The van der Waals surface area contributed by atoms with Crippen LogP contribution in [0, 0.1) is 0 Å². The third-order valence-corrected chi connectivity index (χ3v) is 5.02. The number of likely N-dealkylation sites (tertiary alicyclic amines) is 1. The Bertz CT molecular complexity index is 691. The van der Waals surface area contributed by atoms with E-state index >= 15 is 0 Å². The predicted octanol–water partition coefficient (Wildman–Crippen LogP) is 3.77. The highest BCUT2D eigenvalue weighted by Crippen LogP contribution is 2.31. The minimum atomic E-state index is -4.32. The molecule has 8 heteroatoms. The van der Waals surface area contributed by atoms with Gasteiger partial charge >= 0.3 is 6.18 Å². The fourth-order valence-electron chi connectivity index (χ4n) is 3.33. The number of amides is 1. The molecule has 1 saturated heterocycles. The Kier molecular flexibility index (Phi) is 8.79. The van der Waals surface area contributed by atoms with E-state index < -0.39 is 11.7 Å². The van der Waals surface area contributed by atoms with Crippen molar-refractivity contribution in [2.24, 2.45) is 4.99 Å². The highest BCUT2D eigenvalue weighted by molar-refractivity contribution is 5.79. The second kappa shape index (κ2) is 11.1. The van der Waals surface area contributed by atoms with E-state index in [-0.39, 0.29) is 11.8 Å². The first kappa shape index (κ1) is 23.0. The Morgan fingerprint density at radius 3 is 2.76 bits per heavy atom. The maximum Gasteiger partial charge on any atom is 0.416 e. The van der Waals surface area contributed by atoms with Crippen LogP contribution >= 0.6 is 0 Å². The van der Waals surface area contributed by atoms with Gasteiger partial charge in [0.25, 0.3) is 0 Å². The highest BCUT2D eigenvalue weighted by atomic mass is 19.4. The molecule has 0 aliphatic carbocycles. The van der Waals surface area contributed by atoms with E-state index in [1.54, 1.807) is 6.07 Å². The molecule has 2 N–H and O–H groups in total. The average molecular weight is 413 g/mol. The SMILES string of the molecule is CCNC(=NCCCN1CCCC1=O)NCCC(C)c1cccc(C(F)(F)F)c1. The van der Waals surface area contributed by atoms with Crippen LogP contribution < -0.4 is 10.6 Å². The summed E-state index contributed by atoms with van der Waals surface area (Å²) in [4.78, 5) is 18.0. The van der Waals surface area contributed by atoms with Gasteiger partial charge in [-0.3, -0.25) is 9.79 Å². The van der Waals surface area contributed by atoms with Crippen molar-refractivity contribution < 1.29 is 18.0 Å². The summed E-state index contributed by atoms with van der Waals surface area (Å²) in [6, 6.07) is 5.52. The van der Waals surface area contributed by atoms with Crippen molar-refractivity contribution in [3.63, 3.8) is 0 Å². The van der Waals surface area contributed by atoms with Gasteiger partial charge in [-0.05, 0) is 43.7 Å². The van der Waals surface area contributed by atoms with E-state index in [0.29, 0.717) is 37.5 Å². The normalized spacial score (nSPS) is 16.2. The van der Waals surface area contributed by atoms with Crippen LogP contribution in [0.15, 0.2) is 29.3 Å². The summed E-state index contributed by atoms with van der Waals surface area (Å²) in [7, 11) is 0. The van der Waals surface area contributed by atoms with Crippen LogP contribution in [0.1, 0.15) is 56.6 Å². The van der Waals surface area contributed by atoms with Crippen molar-refractivity contribution in [1.29, 1.82) is 0 Å². The van der Waals surface area contributed by atoms with E-state index in [1.165, 1.54) is 12.1 Å². The first-order chi connectivity index (χ1) is 13.8. The number of rotatable bonds is 9. The van der Waals surface area contributed by atoms with Crippen LogP contribution in [0.2, 0.25) is 0 Å². The quantitative estimate of drug-likeness (QED) is 0.369. The van der Waals surface area contributed by atoms with E-state index in [9.17, 15) is 18.0 Å². The third kappa shape index (κ3) is 7.59. The molecular formula is C21H31F3N4O. The Morgan fingerprint density at radius 2 is 2.10 bits per heavy atom. The lowest BCUT2D eigenvalue weighted by Crippen LogP contribution is -2.38.